The highest BCUT2D eigenvalue weighted by atomic mass is 35.5. The normalized spacial score (nSPS) is 17.8. The van der Waals surface area contributed by atoms with Crippen molar-refractivity contribution < 1.29 is 13.2 Å². The molecule has 1 heterocycles. The number of carbonyl (C=O) groups excluding carboxylic acids is 1. The number of nitrogens with two attached hydrogens (primary N) is 1. The predicted octanol–water partition coefficient (Wildman–Crippen LogP) is 1.30. The van der Waals surface area contributed by atoms with Crippen LogP contribution in [0.1, 0.15) is 36.8 Å². The van der Waals surface area contributed by atoms with Crippen LogP contribution in [0.25, 0.3) is 0 Å². The van der Waals surface area contributed by atoms with Crippen LogP contribution in [-0.4, -0.2) is 44.3 Å². The van der Waals surface area contributed by atoms with Gasteiger partial charge in [0.1, 0.15) is 11.0 Å². The molecule has 3 N–H and O–H groups in total. The number of sulfonamides is 1. The fraction of sp³-hybridized carbons (Fsp3) is 0.529. The van der Waals surface area contributed by atoms with Crippen LogP contribution in [-0.2, 0) is 14.8 Å². The lowest BCUT2D eigenvalue weighted by molar-refractivity contribution is -0.121. The summed E-state index contributed by atoms with van der Waals surface area (Å²) in [5.74, 6) is -0.182. The first-order chi connectivity index (χ1) is 11.9. The fourth-order valence-corrected chi connectivity index (χ4v) is 4.98. The Bertz CT molecular complexity index is 777. The van der Waals surface area contributed by atoms with Crippen molar-refractivity contribution >= 4 is 28.3 Å². The van der Waals surface area contributed by atoms with Crippen molar-refractivity contribution in [1.29, 1.82) is 5.26 Å². The van der Waals surface area contributed by atoms with E-state index in [1.165, 1.54) is 10.4 Å². The number of benzene rings is 1. The maximum Gasteiger partial charge on any atom is 0.244 e. The molecule has 1 aliphatic heterocycles. The highest BCUT2D eigenvalue weighted by molar-refractivity contribution is 7.89. The van der Waals surface area contributed by atoms with Gasteiger partial charge in [-0.1, -0.05) is 18.6 Å². The van der Waals surface area contributed by atoms with Gasteiger partial charge in [0.25, 0.3) is 0 Å². The molecule has 0 aromatic heterocycles. The third-order valence-corrected chi connectivity index (χ3v) is 6.41. The third-order valence-electron chi connectivity index (χ3n) is 4.41. The van der Waals surface area contributed by atoms with Crippen molar-refractivity contribution in [3.8, 4) is 6.07 Å². The average molecular weight is 401 g/mol. The summed E-state index contributed by atoms with van der Waals surface area (Å²) >= 11 is 0. The van der Waals surface area contributed by atoms with Gasteiger partial charge in [0, 0.05) is 32.1 Å². The van der Waals surface area contributed by atoms with Crippen LogP contribution in [0.15, 0.2) is 23.1 Å². The largest absolute Gasteiger partial charge is 0.354 e. The maximum absolute atomic E-state index is 13.1. The molecule has 9 heteroatoms. The van der Waals surface area contributed by atoms with Crippen LogP contribution in [0.4, 0.5) is 0 Å². The first-order valence-corrected chi connectivity index (χ1v) is 9.84. The van der Waals surface area contributed by atoms with E-state index >= 15 is 0 Å². The lowest BCUT2D eigenvalue weighted by Gasteiger charge is -2.35. The quantitative estimate of drug-likeness (QED) is 0.746. The van der Waals surface area contributed by atoms with Crippen LogP contribution < -0.4 is 11.1 Å². The van der Waals surface area contributed by atoms with E-state index in [1.54, 1.807) is 19.1 Å². The van der Waals surface area contributed by atoms with Gasteiger partial charge in [-0.05, 0) is 31.4 Å². The number of aryl methyl sites for hydroxylation is 1. The molecule has 1 saturated heterocycles. The van der Waals surface area contributed by atoms with Crippen LogP contribution in [0, 0.1) is 18.3 Å². The molecular formula is C17H25ClN4O3S. The predicted molar refractivity (Wildman–Crippen MR) is 101 cm³/mol. The lowest BCUT2D eigenvalue weighted by Crippen LogP contribution is -2.49. The molecule has 1 amide bonds. The van der Waals surface area contributed by atoms with Gasteiger partial charge < -0.3 is 11.1 Å². The first kappa shape index (κ1) is 22.4. The van der Waals surface area contributed by atoms with E-state index in [0.29, 0.717) is 18.5 Å². The summed E-state index contributed by atoms with van der Waals surface area (Å²) in [5, 5.41) is 12.1. The standard InChI is InChI=1S/C17H24N4O3S.ClH/c1-13-5-4-7-16(15(13)11-19)25(23,24)21-10-3-2-6-14(21)12-20-17(22)8-9-18;/h4-5,7,14H,2-3,6,8-10,12,18H2,1H3,(H,20,22);1H. The van der Waals surface area contributed by atoms with Gasteiger partial charge in [-0.15, -0.1) is 12.4 Å². The number of hydrogen-bond donors (Lipinski definition) is 2. The molecule has 1 aromatic carbocycles. The van der Waals surface area contributed by atoms with Gasteiger partial charge in [-0.3, -0.25) is 4.79 Å². The lowest BCUT2D eigenvalue weighted by atomic mass is 10.1. The SMILES string of the molecule is Cc1cccc(S(=O)(=O)N2CCCCC2CNC(=O)CCN)c1C#N.Cl. The zero-order chi connectivity index (χ0) is 18.4. The Labute approximate surface area is 161 Å². The molecule has 0 spiro atoms. The number of nitrogens with zero attached hydrogens (tertiary/aromatic N) is 2. The molecule has 144 valence electrons. The van der Waals surface area contributed by atoms with Gasteiger partial charge in [-0.25, -0.2) is 8.42 Å². The van der Waals surface area contributed by atoms with Gasteiger partial charge in [0.15, 0.2) is 0 Å². The van der Waals surface area contributed by atoms with E-state index in [-0.39, 0.29) is 54.3 Å². The summed E-state index contributed by atoms with van der Waals surface area (Å²) < 4.78 is 27.7. The van der Waals surface area contributed by atoms with Crippen molar-refractivity contribution in [2.45, 2.75) is 43.5 Å². The minimum absolute atomic E-state index is 0. The summed E-state index contributed by atoms with van der Waals surface area (Å²) in [6.45, 7) is 2.62. The number of nitrogens with one attached hydrogen (secondary N) is 1. The molecule has 1 fully saturated rings. The molecule has 7 nitrogen and oxygen atoms in total. The summed E-state index contributed by atoms with van der Waals surface area (Å²) in [4.78, 5) is 11.7. The molecule has 0 radical (unpaired) electrons. The Kier molecular flexibility index (Phi) is 8.50. The number of carbonyl (C=O) groups is 1. The minimum Gasteiger partial charge on any atom is -0.354 e. The first-order valence-electron chi connectivity index (χ1n) is 8.40. The monoisotopic (exact) mass is 400 g/mol. The Morgan fingerprint density at radius 1 is 1.42 bits per heavy atom. The Morgan fingerprint density at radius 3 is 2.81 bits per heavy atom. The number of amides is 1. The molecule has 1 atom stereocenters. The number of halogens is 1. The highest BCUT2D eigenvalue weighted by Crippen LogP contribution is 2.28. The van der Waals surface area contributed by atoms with Crippen LogP contribution in [0.5, 0.6) is 0 Å². The van der Waals surface area contributed by atoms with Gasteiger partial charge in [0.2, 0.25) is 15.9 Å². The summed E-state index contributed by atoms with van der Waals surface area (Å²) in [7, 11) is -3.80. The van der Waals surface area contributed by atoms with Crippen LogP contribution >= 0.6 is 12.4 Å². The summed E-state index contributed by atoms with van der Waals surface area (Å²) in [6.07, 6.45) is 2.56. The Hall–Kier alpha value is -1.66. The third kappa shape index (κ3) is 4.95. The highest BCUT2D eigenvalue weighted by Gasteiger charge is 2.35. The second-order valence-corrected chi connectivity index (χ2v) is 8.03. The number of hydrogen-bond acceptors (Lipinski definition) is 5. The summed E-state index contributed by atoms with van der Waals surface area (Å²) in [5.41, 5.74) is 6.17. The van der Waals surface area contributed by atoms with Crippen molar-refractivity contribution in [3.05, 3.63) is 29.3 Å². The Morgan fingerprint density at radius 2 is 2.15 bits per heavy atom. The number of piperidine rings is 1. The zero-order valence-electron chi connectivity index (χ0n) is 14.8. The topological polar surface area (TPSA) is 116 Å². The molecule has 1 aromatic rings. The number of rotatable bonds is 6. The summed E-state index contributed by atoms with van der Waals surface area (Å²) in [6, 6.07) is 6.53. The molecule has 0 saturated carbocycles. The van der Waals surface area contributed by atoms with E-state index in [1.807, 2.05) is 6.07 Å². The van der Waals surface area contributed by atoms with E-state index in [0.717, 1.165) is 12.8 Å². The van der Waals surface area contributed by atoms with E-state index in [2.05, 4.69) is 5.32 Å². The van der Waals surface area contributed by atoms with Gasteiger partial charge in [-0.2, -0.15) is 9.57 Å². The second-order valence-electron chi connectivity index (χ2n) is 6.17. The van der Waals surface area contributed by atoms with Crippen molar-refractivity contribution in [3.63, 3.8) is 0 Å². The molecule has 0 aliphatic carbocycles. The minimum atomic E-state index is -3.80. The maximum atomic E-state index is 13.1. The smallest absolute Gasteiger partial charge is 0.244 e. The number of nitriles is 1. The molecular weight excluding hydrogens is 376 g/mol. The van der Waals surface area contributed by atoms with E-state index < -0.39 is 10.0 Å². The molecule has 2 rings (SSSR count). The molecule has 1 unspecified atom stereocenters. The fourth-order valence-electron chi connectivity index (χ4n) is 3.07. The molecule has 26 heavy (non-hydrogen) atoms. The van der Waals surface area contributed by atoms with Crippen molar-refractivity contribution in [2.24, 2.45) is 5.73 Å². The van der Waals surface area contributed by atoms with Crippen LogP contribution in [0.3, 0.4) is 0 Å². The van der Waals surface area contributed by atoms with E-state index in [9.17, 15) is 18.5 Å². The average Bonchev–Trinajstić information content (AvgIpc) is 2.60. The van der Waals surface area contributed by atoms with Crippen LogP contribution in [0.2, 0.25) is 0 Å². The second kappa shape index (κ2) is 9.88. The van der Waals surface area contributed by atoms with Crippen molar-refractivity contribution in [1.82, 2.24) is 9.62 Å². The van der Waals surface area contributed by atoms with Gasteiger partial charge >= 0.3 is 0 Å². The van der Waals surface area contributed by atoms with Crippen molar-refractivity contribution in [2.75, 3.05) is 19.6 Å². The zero-order valence-corrected chi connectivity index (χ0v) is 16.4. The Balaban J connectivity index is 0.00000338. The van der Waals surface area contributed by atoms with E-state index in [4.69, 9.17) is 5.73 Å². The molecule has 0 bridgehead atoms. The molecule has 1 aliphatic rings. The van der Waals surface area contributed by atoms with Gasteiger partial charge in [0.05, 0.1) is 5.56 Å².